The predicted molar refractivity (Wildman–Crippen MR) is 62.1 cm³/mol. The van der Waals surface area contributed by atoms with E-state index in [1.807, 2.05) is 4.90 Å². The van der Waals surface area contributed by atoms with Crippen LogP contribution in [0.25, 0.3) is 0 Å². The number of hydrogen-bond acceptors (Lipinski definition) is 3. The summed E-state index contributed by atoms with van der Waals surface area (Å²) in [5.41, 5.74) is 0. The van der Waals surface area contributed by atoms with Crippen LogP contribution in [0.5, 0.6) is 0 Å². The molecule has 4 heteroatoms. The molecule has 4 nitrogen and oxygen atoms in total. The lowest BCUT2D eigenvalue weighted by Crippen LogP contribution is -2.38. The van der Waals surface area contributed by atoms with Gasteiger partial charge in [-0.05, 0) is 45.1 Å². The number of aliphatic hydroxyl groups is 1. The van der Waals surface area contributed by atoms with Crippen LogP contribution in [0.2, 0.25) is 0 Å². The van der Waals surface area contributed by atoms with Crippen LogP contribution in [-0.2, 0) is 4.79 Å². The maximum atomic E-state index is 11.5. The van der Waals surface area contributed by atoms with Gasteiger partial charge in [0, 0.05) is 18.6 Å². The van der Waals surface area contributed by atoms with Gasteiger partial charge in [0.15, 0.2) is 0 Å². The molecule has 0 aromatic carbocycles. The molecule has 1 amide bonds. The van der Waals surface area contributed by atoms with Crippen molar-refractivity contribution in [2.45, 2.75) is 50.6 Å². The summed E-state index contributed by atoms with van der Waals surface area (Å²) in [5.74, 6) is -0.0955. The monoisotopic (exact) mass is 226 g/mol. The summed E-state index contributed by atoms with van der Waals surface area (Å²) < 4.78 is 0. The highest BCUT2D eigenvalue weighted by atomic mass is 16.3. The SMILES string of the molecule is O=C(CO)N1CCCC1CCC1CCCN1. The third kappa shape index (κ3) is 2.74. The first-order chi connectivity index (χ1) is 7.81. The zero-order valence-corrected chi connectivity index (χ0v) is 9.82. The van der Waals surface area contributed by atoms with Gasteiger partial charge < -0.3 is 15.3 Å². The Morgan fingerprint density at radius 3 is 2.88 bits per heavy atom. The number of likely N-dealkylation sites (tertiary alicyclic amines) is 1. The van der Waals surface area contributed by atoms with Crippen LogP contribution in [-0.4, -0.2) is 47.7 Å². The van der Waals surface area contributed by atoms with Gasteiger partial charge >= 0.3 is 0 Å². The number of carbonyl (C=O) groups is 1. The summed E-state index contributed by atoms with van der Waals surface area (Å²) in [5, 5.41) is 12.4. The zero-order valence-electron chi connectivity index (χ0n) is 9.82. The number of rotatable bonds is 4. The first-order valence-corrected chi connectivity index (χ1v) is 6.45. The van der Waals surface area contributed by atoms with Crippen molar-refractivity contribution in [2.75, 3.05) is 19.7 Å². The quantitative estimate of drug-likeness (QED) is 0.734. The van der Waals surface area contributed by atoms with E-state index in [-0.39, 0.29) is 12.5 Å². The van der Waals surface area contributed by atoms with Crippen LogP contribution in [0.15, 0.2) is 0 Å². The number of carbonyl (C=O) groups excluding carboxylic acids is 1. The van der Waals surface area contributed by atoms with E-state index in [1.165, 1.54) is 19.3 Å². The highest BCUT2D eigenvalue weighted by Crippen LogP contribution is 2.23. The standard InChI is InChI=1S/C12H22N2O2/c15-9-12(16)14-8-2-4-11(14)6-5-10-3-1-7-13-10/h10-11,13,15H,1-9H2. The fourth-order valence-corrected chi connectivity index (χ4v) is 2.95. The highest BCUT2D eigenvalue weighted by Gasteiger charge is 2.28. The number of hydrogen-bond donors (Lipinski definition) is 2. The lowest BCUT2D eigenvalue weighted by molar-refractivity contribution is -0.135. The topological polar surface area (TPSA) is 52.6 Å². The fraction of sp³-hybridized carbons (Fsp3) is 0.917. The molecule has 92 valence electrons. The van der Waals surface area contributed by atoms with Crippen LogP contribution in [0.4, 0.5) is 0 Å². The van der Waals surface area contributed by atoms with E-state index in [4.69, 9.17) is 5.11 Å². The van der Waals surface area contributed by atoms with Crippen molar-refractivity contribution in [2.24, 2.45) is 0 Å². The molecule has 2 rings (SSSR count). The Bertz CT molecular complexity index is 239. The van der Waals surface area contributed by atoms with Gasteiger partial charge in [-0.25, -0.2) is 0 Å². The van der Waals surface area contributed by atoms with Gasteiger partial charge in [0.05, 0.1) is 0 Å². The Hall–Kier alpha value is -0.610. The molecule has 0 aromatic rings. The molecule has 2 fully saturated rings. The molecule has 0 saturated carbocycles. The van der Waals surface area contributed by atoms with Crippen LogP contribution >= 0.6 is 0 Å². The van der Waals surface area contributed by atoms with E-state index >= 15 is 0 Å². The predicted octanol–water partition coefficient (Wildman–Crippen LogP) is 0.502. The van der Waals surface area contributed by atoms with Crippen molar-refractivity contribution in [3.05, 3.63) is 0 Å². The third-order valence-electron chi connectivity index (χ3n) is 3.84. The number of aliphatic hydroxyl groups excluding tert-OH is 1. The Labute approximate surface area is 97.0 Å². The average Bonchev–Trinajstić information content (AvgIpc) is 2.96. The van der Waals surface area contributed by atoms with Crippen molar-refractivity contribution < 1.29 is 9.90 Å². The van der Waals surface area contributed by atoms with Gasteiger partial charge in [-0.3, -0.25) is 4.79 Å². The Morgan fingerprint density at radius 2 is 2.19 bits per heavy atom. The van der Waals surface area contributed by atoms with Crippen LogP contribution in [0.3, 0.4) is 0 Å². The number of nitrogens with one attached hydrogen (secondary N) is 1. The van der Waals surface area contributed by atoms with E-state index in [0.717, 1.165) is 32.4 Å². The van der Waals surface area contributed by atoms with Gasteiger partial charge in [0.2, 0.25) is 5.91 Å². The van der Waals surface area contributed by atoms with Crippen molar-refractivity contribution in [1.82, 2.24) is 10.2 Å². The summed E-state index contributed by atoms with van der Waals surface area (Å²) in [6.45, 7) is 1.65. The lowest BCUT2D eigenvalue weighted by atomic mass is 10.0. The Kier molecular flexibility index (Phi) is 4.18. The van der Waals surface area contributed by atoms with Crippen molar-refractivity contribution in [3.8, 4) is 0 Å². The Morgan fingerprint density at radius 1 is 1.31 bits per heavy atom. The summed E-state index contributed by atoms with van der Waals surface area (Å²) in [6, 6.07) is 1.04. The second-order valence-electron chi connectivity index (χ2n) is 4.91. The molecule has 2 N–H and O–H groups in total. The molecular formula is C12H22N2O2. The maximum Gasteiger partial charge on any atom is 0.248 e. The van der Waals surface area contributed by atoms with Gasteiger partial charge in [-0.1, -0.05) is 0 Å². The molecular weight excluding hydrogens is 204 g/mol. The highest BCUT2D eigenvalue weighted by molar-refractivity contribution is 5.77. The molecule has 2 saturated heterocycles. The van der Waals surface area contributed by atoms with Crippen LogP contribution in [0.1, 0.15) is 38.5 Å². The minimum atomic E-state index is -0.335. The molecule has 2 heterocycles. The summed E-state index contributed by atoms with van der Waals surface area (Å²) in [7, 11) is 0. The van der Waals surface area contributed by atoms with E-state index in [9.17, 15) is 4.79 Å². The lowest BCUT2D eigenvalue weighted by Gasteiger charge is -2.25. The molecule has 0 aromatic heterocycles. The van der Waals surface area contributed by atoms with Gasteiger partial charge in [0.1, 0.15) is 6.61 Å². The molecule has 2 aliphatic heterocycles. The molecule has 2 unspecified atom stereocenters. The van der Waals surface area contributed by atoms with Crippen LogP contribution in [0, 0.1) is 0 Å². The largest absolute Gasteiger partial charge is 0.387 e. The van der Waals surface area contributed by atoms with Crippen LogP contribution < -0.4 is 5.32 Å². The maximum absolute atomic E-state index is 11.5. The van der Waals surface area contributed by atoms with E-state index < -0.39 is 0 Å². The zero-order chi connectivity index (χ0) is 11.4. The van der Waals surface area contributed by atoms with E-state index in [0.29, 0.717) is 12.1 Å². The minimum absolute atomic E-state index is 0.0955. The molecule has 0 bridgehead atoms. The normalized spacial score (nSPS) is 29.9. The first kappa shape index (κ1) is 11.9. The number of nitrogens with zero attached hydrogens (tertiary/aromatic N) is 1. The summed E-state index contributed by atoms with van der Waals surface area (Å²) in [4.78, 5) is 13.4. The molecule has 0 radical (unpaired) electrons. The van der Waals surface area contributed by atoms with Gasteiger partial charge in [-0.2, -0.15) is 0 Å². The fourth-order valence-electron chi connectivity index (χ4n) is 2.95. The molecule has 0 aliphatic carbocycles. The van der Waals surface area contributed by atoms with Gasteiger partial charge in [0.25, 0.3) is 0 Å². The Balaban J connectivity index is 1.76. The minimum Gasteiger partial charge on any atom is -0.387 e. The van der Waals surface area contributed by atoms with Crippen molar-refractivity contribution in [1.29, 1.82) is 0 Å². The second-order valence-corrected chi connectivity index (χ2v) is 4.91. The summed E-state index contributed by atoms with van der Waals surface area (Å²) in [6.07, 6.45) is 7.02. The first-order valence-electron chi connectivity index (χ1n) is 6.45. The molecule has 2 aliphatic rings. The summed E-state index contributed by atoms with van der Waals surface area (Å²) >= 11 is 0. The molecule has 16 heavy (non-hydrogen) atoms. The smallest absolute Gasteiger partial charge is 0.248 e. The molecule has 2 atom stereocenters. The number of amides is 1. The average molecular weight is 226 g/mol. The van der Waals surface area contributed by atoms with E-state index in [2.05, 4.69) is 5.32 Å². The third-order valence-corrected chi connectivity index (χ3v) is 3.84. The van der Waals surface area contributed by atoms with E-state index in [1.54, 1.807) is 0 Å². The van der Waals surface area contributed by atoms with Gasteiger partial charge in [-0.15, -0.1) is 0 Å². The second kappa shape index (κ2) is 5.64. The van der Waals surface area contributed by atoms with Crippen molar-refractivity contribution in [3.63, 3.8) is 0 Å². The molecule has 0 spiro atoms. The van der Waals surface area contributed by atoms with Crippen molar-refractivity contribution >= 4 is 5.91 Å².